The normalized spacial score (nSPS) is 14.4. The van der Waals surface area contributed by atoms with Gasteiger partial charge in [-0.1, -0.05) is 41.1 Å². The number of aromatic nitrogens is 1. The highest BCUT2D eigenvalue weighted by molar-refractivity contribution is 7.22. The number of hydrogen-bond acceptors (Lipinski definition) is 7. The summed E-state index contributed by atoms with van der Waals surface area (Å²) in [5, 5.41) is 2.40. The number of hydrogen-bond donors (Lipinski definition) is 0. The fourth-order valence-electron chi connectivity index (χ4n) is 3.81. The minimum atomic E-state index is -0.00140. The van der Waals surface area contributed by atoms with Crippen LogP contribution in [0.15, 0.2) is 36.4 Å². The van der Waals surface area contributed by atoms with Gasteiger partial charge in [-0.05, 0) is 18.2 Å². The molecule has 0 saturated carbocycles. The fraction of sp³-hybridized carbons (Fsp3) is 0.273. The topological polar surface area (TPSA) is 54.9 Å². The second kappa shape index (κ2) is 8.18. The minimum absolute atomic E-state index is 0.00140. The van der Waals surface area contributed by atoms with Crippen molar-refractivity contribution >= 4 is 65.6 Å². The summed E-state index contributed by atoms with van der Waals surface area (Å²) in [4.78, 5) is 22.6. The molecule has 1 aliphatic heterocycles. The number of amides is 1. The van der Waals surface area contributed by atoms with Gasteiger partial charge in [-0.25, -0.2) is 4.98 Å². The maximum atomic E-state index is 13.1. The van der Waals surface area contributed by atoms with Gasteiger partial charge in [0.2, 0.25) is 0 Å². The van der Waals surface area contributed by atoms with E-state index in [1.54, 1.807) is 25.6 Å². The molecule has 3 heterocycles. The molecule has 9 heteroatoms. The number of thiophene rings is 1. The highest BCUT2D eigenvalue weighted by Gasteiger charge is 2.27. The average molecular weight is 474 g/mol. The average Bonchev–Trinajstić information content (AvgIpc) is 3.40. The van der Waals surface area contributed by atoms with Crippen molar-refractivity contribution in [3.63, 3.8) is 0 Å². The predicted molar refractivity (Wildman–Crippen MR) is 128 cm³/mol. The fourth-order valence-corrected chi connectivity index (χ4v) is 6.41. The number of thiazole rings is 1. The third-order valence-corrected chi connectivity index (χ3v) is 8.26. The summed E-state index contributed by atoms with van der Waals surface area (Å²) in [6, 6.07) is 11.6. The quantitative estimate of drug-likeness (QED) is 0.410. The van der Waals surface area contributed by atoms with Crippen LogP contribution in [0.3, 0.4) is 0 Å². The maximum Gasteiger partial charge on any atom is 0.265 e. The first-order valence-electron chi connectivity index (χ1n) is 9.83. The highest BCUT2D eigenvalue weighted by Crippen LogP contribution is 2.40. The zero-order chi connectivity index (χ0) is 21.5. The first kappa shape index (κ1) is 20.4. The van der Waals surface area contributed by atoms with Gasteiger partial charge in [-0.3, -0.25) is 4.79 Å². The Balaban J connectivity index is 1.35. The van der Waals surface area contributed by atoms with Gasteiger partial charge in [0, 0.05) is 36.3 Å². The molecule has 0 N–H and O–H groups in total. The van der Waals surface area contributed by atoms with Crippen LogP contribution < -0.4 is 14.4 Å². The van der Waals surface area contributed by atoms with Gasteiger partial charge in [-0.15, -0.1) is 11.3 Å². The SMILES string of the molecule is COc1ccc(OC)c2sc(N3CCN(C(=O)c4sc5ccccc5c4Cl)CC3)nc12. The van der Waals surface area contributed by atoms with Crippen LogP contribution >= 0.6 is 34.3 Å². The Morgan fingerprint density at radius 3 is 2.42 bits per heavy atom. The molecule has 1 saturated heterocycles. The van der Waals surface area contributed by atoms with Crippen LogP contribution in [0.4, 0.5) is 5.13 Å². The van der Waals surface area contributed by atoms with Crippen molar-refractivity contribution < 1.29 is 14.3 Å². The summed E-state index contributed by atoms with van der Waals surface area (Å²) in [5.41, 5.74) is 0.803. The molecule has 0 atom stereocenters. The molecule has 1 fully saturated rings. The number of carbonyl (C=O) groups is 1. The first-order valence-corrected chi connectivity index (χ1v) is 11.8. The molecule has 160 valence electrons. The van der Waals surface area contributed by atoms with E-state index in [-0.39, 0.29) is 5.91 Å². The van der Waals surface area contributed by atoms with Crippen LogP contribution in [0.2, 0.25) is 5.02 Å². The molecule has 2 aromatic carbocycles. The monoisotopic (exact) mass is 473 g/mol. The first-order chi connectivity index (χ1) is 15.1. The molecule has 6 nitrogen and oxygen atoms in total. The van der Waals surface area contributed by atoms with Gasteiger partial charge in [0.05, 0.1) is 19.2 Å². The summed E-state index contributed by atoms with van der Waals surface area (Å²) in [6.07, 6.45) is 0. The van der Waals surface area contributed by atoms with E-state index in [1.807, 2.05) is 41.3 Å². The van der Waals surface area contributed by atoms with Crippen molar-refractivity contribution in [2.45, 2.75) is 0 Å². The Bertz CT molecular complexity index is 1240. The summed E-state index contributed by atoms with van der Waals surface area (Å²) in [6.45, 7) is 2.65. The Morgan fingerprint density at radius 1 is 1.00 bits per heavy atom. The van der Waals surface area contributed by atoms with Crippen molar-refractivity contribution in [3.8, 4) is 11.5 Å². The molecule has 1 amide bonds. The summed E-state index contributed by atoms with van der Waals surface area (Å²) < 4.78 is 13.0. The van der Waals surface area contributed by atoms with Crippen LogP contribution in [0, 0.1) is 0 Å². The van der Waals surface area contributed by atoms with E-state index in [4.69, 9.17) is 26.1 Å². The smallest absolute Gasteiger partial charge is 0.265 e. The second-order valence-corrected chi connectivity index (χ2v) is 9.57. The summed E-state index contributed by atoms with van der Waals surface area (Å²) in [7, 11) is 3.30. The third kappa shape index (κ3) is 3.48. The zero-order valence-corrected chi connectivity index (χ0v) is 19.4. The number of piperazine rings is 1. The zero-order valence-electron chi connectivity index (χ0n) is 17.1. The largest absolute Gasteiger partial charge is 0.495 e. The van der Waals surface area contributed by atoms with E-state index in [2.05, 4.69) is 4.90 Å². The van der Waals surface area contributed by atoms with Gasteiger partial charge >= 0.3 is 0 Å². The number of rotatable bonds is 4. The molecular weight excluding hydrogens is 454 g/mol. The van der Waals surface area contributed by atoms with E-state index in [0.29, 0.717) is 36.1 Å². The molecule has 5 rings (SSSR count). The lowest BCUT2D eigenvalue weighted by atomic mass is 10.2. The van der Waals surface area contributed by atoms with Gasteiger partial charge in [0.15, 0.2) is 5.13 Å². The molecule has 31 heavy (non-hydrogen) atoms. The Hall–Kier alpha value is -2.55. The molecule has 1 aliphatic rings. The molecule has 0 radical (unpaired) electrons. The van der Waals surface area contributed by atoms with E-state index < -0.39 is 0 Å². The van der Waals surface area contributed by atoms with Crippen LogP contribution in [-0.2, 0) is 0 Å². The van der Waals surface area contributed by atoms with Crippen molar-refractivity contribution in [3.05, 3.63) is 46.3 Å². The lowest BCUT2D eigenvalue weighted by Crippen LogP contribution is -2.48. The van der Waals surface area contributed by atoms with E-state index >= 15 is 0 Å². The number of anilines is 1. The Morgan fingerprint density at radius 2 is 1.71 bits per heavy atom. The molecular formula is C22H20ClN3O3S2. The van der Waals surface area contributed by atoms with Gasteiger partial charge in [0.25, 0.3) is 5.91 Å². The molecule has 0 spiro atoms. The van der Waals surface area contributed by atoms with Gasteiger partial charge in [-0.2, -0.15) is 0 Å². The number of benzene rings is 2. The highest BCUT2D eigenvalue weighted by atomic mass is 35.5. The molecule has 2 aromatic heterocycles. The van der Waals surface area contributed by atoms with Crippen LogP contribution in [0.5, 0.6) is 11.5 Å². The molecule has 0 bridgehead atoms. The van der Waals surface area contributed by atoms with Crippen LogP contribution in [0.1, 0.15) is 9.67 Å². The standard InChI is InChI=1S/C22H20ClN3O3S2/c1-28-14-7-8-15(29-2)19-18(14)24-22(31-19)26-11-9-25(10-12-26)21(27)20-17(23)13-5-3-4-6-16(13)30-20/h3-8H,9-12H2,1-2H3. The van der Waals surface area contributed by atoms with Crippen molar-refractivity contribution in [1.29, 1.82) is 0 Å². The minimum Gasteiger partial charge on any atom is -0.495 e. The Kier molecular flexibility index (Phi) is 5.37. The van der Waals surface area contributed by atoms with Crippen LogP contribution in [-0.4, -0.2) is 56.2 Å². The second-order valence-electron chi connectivity index (χ2n) is 7.16. The number of fused-ring (bicyclic) bond motifs is 2. The maximum absolute atomic E-state index is 13.1. The van der Waals surface area contributed by atoms with Gasteiger partial charge < -0.3 is 19.3 Å². The van der Waals surface area contributed by atoms with Crippen molar-refractivity contribution in [2.24, 2.45) is 0 Å². The van der Waals surface area contributed by atoms with Crippen LogP contribution in [0.25, 0.3) is 20.3 Å². The van der Waals surface area contributed by atoms with Crippen molar-refractivity contribution in [1.82, 2.24) is 9.88 Å². The summed E-state index contributed by atoms with van der Waals surface area (Å²) >= 11 is 9.56. The molecule has 0 aliphatic carbocycles. The number of nitrogens with zero attached hydrogens (tertiary/aromatic N) is 3. The third-order valence-electron chi connectivity index (χ3n) is 5.47. The van der Waals surface area contributed by atoms with Crippen molar-refractivity contribution in [2.75, 3.05) is 45.3 Å². The van der Waals surface area contributed by atoms with E-state index in [1.165, 1.54) is 11.3 Å². The number of halogens is 1. The lowest BCUT2D eigenvalue weighted by Gasteiger charge is -2.34. The van der Waals surface area contributed by atoms with Gasteiger partial charge in [0.1, 0.15) is 26.6 Å². The molecule has 4 aromatic rings. The lowest BCUT2D eigenvalue weighted by molar-refractivity contribution is 0.0752. The van der Waals surface area contributed by atoms with E-state index in [0.717, 1.165) is 36.9 Å². The predicted octanol–water partition coefficient (Wildman–Crippen LogP) is 5.14. The summed E-state index contributed by atoms with van der Waals surface area (Å²) in [5.74, 6) is 1.51. The number of methoxy groups -OCH3 is 2. The molecule has 0 unspecified atom stereocenters. The number of carbonyl (C=O) groups excluding carboxylic acids is 1. The van der Waals surface area contributed by atoms with E-state index in [9.17, 15) is 4.79 Å². The number of ether oxygens (including phenoxy) is 2. The Labute approximate surface area is 192 Å².